The Labute approximate surface area is 568 Å². The van der Waals surface area contributed by atoms with Gasteiger partial charge < -0.3 is 33.8 Å². The molecule has 0 aliphatic rings. The van der Waals surface area contributed by atoms with Crippen LogP contribution in [0, 0.1) is 17.8 Å². The number of phosphoric ester groups is 2. The fourth-order valence-electron chi connectivity index (χ4n) is 11.2. The van der Waals surface area contributed by atoms with Gasteiger partial charge in [-0.05, 0) is 43.4 Å². The minimum Gasteiger partial charge on any atom is -0.462 e. The Morgan fingerprint density at radius 3 is 0.817 bits per heavy atom. The van der Waals surface area contributed by atoms with Gasteiger partial charge in [0.1, 0.15) is 19.3 Å². The average Bonchev–Trinajstić information content (AvgIpc) is 2.06. The lowest BCUT2D eigenvalue weighted by Crippen LogP contribution is -2.30. The fraction of sp³-hybridized carbons (Fsp3) is 0.946. The number of carbonyl (C=O) groups is 4. The third-order valence-corrected chi connectivity index (χ3v) is 19.4. The van der Waals surface area contributed by atoms with E-state index in [1.54, 1.807) is 0 Å². The number of aliphatic hydroxyl groups is 1. The third-order valence-electron chi connectivity index (χ3n) is 17.5. The number of esters is 4. The van der Waals surface area contributed by atoms with Crippen LogP contribution in [0.4, 0.5) is 0 Å². The lowest BCUT2D eigenvalue weighted by molar-refractivity contribution is -0.161. The number of rotatable bonds is 72. The van der Waals surface area contributed by atoms with E-state index in [2.05, 4.69) is 48.5 Å². The summed E-state index contributed by atoms with van der Waals surface area (Å²) in [4.78, 5) is 72.6. The molecule has 0 aliphatic carbocycles. The van der Waals surface area contributed by atoms with E-state index in [0.29, 0.717) is 25.7 Å². The SMILES string of the molecule is CCCCCCCCCCCCCCCCCCCCCCCC(=O)O[C@H](COC(=O)CCCCCCCCCCC(C)C)COP(=O)(O)OC[C@@H](O)COP(=O)(O)OC[C@@H](COC(=O)CCCCCCCCC(C)CC)OC(=O)CCCCCCCCCCC(C)C. The molecule has 552 valence electrons. The molecule has 19 heteroatoms. The predicted octanol–water partition coefficient (Wildman–Crippen LogP) is 21.4. The lowest BCUT2D eigenvalue weighted by Gasteiger charge is -2.21. The quantitative estimate of drug-likeness (QED) is 0.0222. The molecule has 0 saturated carbocycles. The first kappa shape index (κ1) is 91.1. The highest BCUT2D eigenvalue weighted by atomic mass is 31.2. The number of carbonyl (C=O) groups excluding carboxylic acids is 4. The zero-order valence-corrected chi connectivity index (χ0v) is 62.5. The van der Waals surface area contributed by atoms with E-state index in [1.165, 1.54) is 180 Å². The van der Waals surface area contributed by atoms with E-state index in [-0.39, 0.29) is 25.7 Å². The van der Waals surface area contributed by atoms with Crippen molar-refractivity contribution in [3.05, 3.63) is 0 Å². The van der Waals surface area contributed by atoms with Crippen molar-refractivity contribution in [1.29, 1.82) is 0 Å². The molecule has 0 aromatic carbocycles. The largest absolute Gasteiger partial charge is 0.472 e. The van der Waals surface area contributed by atoms with E-state index < -0.39 is 97.5 Å². The number of ether oxygens (including phenoxy) is 4. The van der Waals surface area contributed by atoms with Crippen molar-refractivity contribution in [3.8, 4) is 0 Å². The zero-order valence-electron chi connectivity index (χ0n) is 60.7. The van der Waals surface area contributed by atoms with Gasteiger partial charge in [-0.3, -0.25) is 37.3 Å². The summed E-state index contributed by atoms with van der Waals surface area (Å²) in [5, 5.41) is 10.6. The van der Waals surface area contributed by atoms with Gasteiger partial charge in [-0.25, -0.2) is 9.13 Å². The maximum Gasteiger partial charge on any atom is 0.472 e. The van der Waals surface area contributed by atoms with Crippen molar-refractivity contribution in [2.45, 2.75) is 394 Å². The fourth-order valence-corrected chi connectivity index (χ4v) is 12.8. The molecule has 3 N–H and O–H groups in total. The first-order chi connectivity index (χ1) is 44.8. The van der Waals surface area contributed by atoms with Gasteiger partial charge in [0, 0.05) is 25.7 Å². The smallest absolute Gasteiger partial charge is 0.462 e. The molecule has 0 rings (SSSR count). The molecule has 3 unspecified atom stereocenters. The average molecular weight is 1370 g/mol. The normalized spacial score (nSPS) is 14.4. The van der Waals surface area contributed by atoms with Crippen LogP contribution in [0.25, 0.3) is 0 Å². The lowest BCUT2D eigenvalue weighted by atomic mass is 10.00. The summed E-state index contributed by atoms with van der Waals surface area (Å²) in [6.07, 6.45) is 50.3. The summed E-state index contributed by atoms with van der Waals surface area (Å²) in [6.45, 7) is 11.8. The predicted molar refractivity (Wildman–Crippen MR) is 377 cm³/mol. The van der Waals surface area contributed by atoms with Crippen LogP contribution in [-0.2, 0) is 65.4 Å². The molecule has 0 fully saturated rings. The molecule has 0 saturated heterocycles. The molecule has 0 bridgehead atoms. The van der Waals surface area contributed by atoms with Crippen LogP contribution in [0.5, 0.6) is 0 Å². The van der Waals surface area contributed by atoms with Gasteiger partial charge in [-0.2, -0.15) is 0 Å². The molecular formula is C74H144O17P2. The van der Waals surface area contributed by atoms with Crippen LogP contribution >= 0.6 is 15.6 Å². The summed E-state index contributed by atoms with van der Waals surface area (Å²) in [6, 6.07) is 0. The molecule has 0 amide bonds. The summed E-state index contributed by atoms with van der Waals surface area (Å²) in [5.41, 5.74) is 0. The Balaban J connectivity index is 5.18. The van der Waals surface area contributed by atoms with Crippen LogP contribution in [0.1, 0.15) is 376 Å². The molecule has 17 nitrogen and oxygen atoms in total. The number of aliphatic hydroxyl groups excluding tert-OH is 1. The maximum atomic E-state index is 13.1. The summed E-state index contributed by atoms with van der Waals surface area (Å²) in [7, 11) is -9.91. The van der Waals surface area contributed by atoms with Gasteiger partial charge in [0.2, 0.25) is 0 Å². The second kappa shape index (κ2) is 64.7. The van der Waals surface area contributed by atoms with Crippen LogP contribution in [0.2, 0.25) is 0 Å². The summed E-state index contributed by atoms with van der Waals surface area (Å²) in [5.74, 6) is 0.0489. The summed E-state index contributed by atoms with van der Waals surface area (Å²) >= 11 is 0. The molecule has 0 radical (unpaired) electrons. The van der Waals surface area contributed by atoms with Crippen LogP contribution in [0.15, 0.2) is 0 Å². The highest BCUT2D eigenvalue weighted by molar-refractivity contribution is 7.47. The molecule has 0 aliphatic heterocycles. The summed E-state index contributed by atoms with van der Waals surface area (Å²) < 4.78 is 68.4. The van der Waals surface area contributed by atoms with Crippen LogP contribution in [0.3, 0.4) is 0 Å². The maximum absolute atomic E-state index is 13.1. The van der Waals surface area contributed by atoms with Crippen molar-refractivity contribution >= 4 is 39.5 Å². The molecular weight excluding hydrogens is 1220 g/mol. The molecule has 93 heavy (non-hydrogen) atoms. The number of phosphoric acid groups is 2. The Bertz CT molecular complexity index is 1820. The second-order valence-corrected chi connectivity index (χ2v) is 30.8. The molecule has 0 aromatic heterocycles. The van der Waals surface area contributed by atoms with Gasteiger partial charge in [-0.1, -0.05) is 325 Å². The Morgan fingerprint density at radius 2 is 0.548 bits per heavy atom. The van der Waals surface area contributed by atoms with Crippen LogP contribution < -0.4 is 0 Å². The Kier molecular flexibility index (Phi) is 63.4. The van der Waals surface area contributed by atoms with Crippen molar-refractivity contribution in [1.82, 2.24) is 0 Å². The van der Waals surface area contributed by atoms with Gasteiger partial charge >= 0.3 is 39.5 Å². The molecule has 6 atom stereocenters. The van der Waals surface area contributed by atoms with Crippen molar-refractivity contribution in [2.24, 2.45) is 17.8 Å². The first-order valence-corrected chi connectivity index (χ1v) is 41.4. The minimum absolute atomic E-state index is 0.103. The van der Waals surface area contributed by atoms with Crippen LogP contribution in [-0.4, -0.2) is 96.7 Å². The highest BCUT2D eigenvalue weighted by Crippen LogP contribution is 2.45. The van der Waals surface area contributed by atoms with E-state index in [4.69, 9.17) is 37.0 Å². The van der Waals surface area contributed by atoms with E-state index >= 15 is 0 Å². The van der Waals surface area contributed by atoms with Crippen molar-refractivity contribution < 1.29 is 80.2 Å². The van der Waals surface area contributed by atoms with Gasteiger partial charge in [0.15, 0.2) is 12.2 Å². The number of hydrogen-bond donors (Lipinski definition) is 3. The van der Waals surface area contributed by atoms with E-state index in [9.17, 15) is 43.2 Å². The first-order valence-electron chi connectivity index (χ1n) is 38.4. The van der Waals surface area contributed by atoms with Crippen molar-refractivity contribution in [2.75, 3.05) is 39.6 Å². The second-order valence-electron chi connectivity index (χ2n) is 27.9. The number of unbranched alkanes of at least 4 members (excludes halogenated alkanes) is 39. The van der Waals surface area contributed by atoms with E-state index in [1.807, 2.05) is 0 Å². The van der Waals surface area contributed by atoms with Gasteiger partial charge in [0.05, 0.1) is 26.4 Å². The third kappa shape index (κ3) is 67.0. The standard InChI is InChI=1S/C74H144O17P2/c1-8-10-11-12-13-14-15-16-17-18-19-20-21-22-23-24-25-26-34-43-50-57-73(78)90-69(61-84-71(76)55-48-41-33-29-27-31-38-45-52-65(3)4)63-88-92(80,81)86-59-68(75)60-87-93(82,83)89-64-70(62-85-72(77)56-49-42-37-36-40-47-54-67(7)9-2)91-74(79)58-51-44-35-30-28-32-39-46-53-66(5)6/h65-70,75H,8-64H2,1-7H3,(H,80,81)(H,82,83)/t67?,68-,69-,70-/m1/s1. The van der Waals surface area contributed by atoms with Gasteiger partial charge in [-0.15, -0.1) is 0 Å². The molecule has 0 aromatic rings. The Morgan fingerprint density at radius 1 is 0.312 bits per heavy atom. The Hall–Kier alpha value is -1.94. The monoisotopic (exact) mass is 1370 g/mol. The minimum atomic E-state index is -4.96. The molecule has 0 heterocycles. The number of hydrogen-bond acceptors (Lipinski definition) is 15. The van der Waals surface area contributed by atoms with Gasteiger partial charge in [0.25, 0.3) is 0 Å². The van der Waals surface area contributed by atoms with E-state index in [0.717, 1.165) is 114 Å². The highest BCUT2D eigenvalue weighted by Gasteiger charge is 2.30. The topological polar surface area (TPSA) is 237 Å². The molecule has 0 spiro atoms. The van der Waals surface area contributed by atoms with Crippen molar-refractivity contribution in [3.63, 3.8) is 0 Å². The zero-order chi connectivity index (χ0) is 68.7.